The topological polar surface area (TPSA) is 47.9 Å². The number of fused-ring (bicyclic) bond motifs is 1. The Morgan fingerprint density at radius 3 is 2.76 bits per heavy atom. The molecule has 0 aliphatic carbocycles. The Hall–Kier alpha value is -1.63. The molecule has 0 amide bonds. The third-order valence-electron chi connectivity index (χ3n) is 2.07. The standard InChI is InChI=1S/C10H9F3O4/c11-10(12,13)17-6-1-2-8-9(3-6)16-7(4-14)5-15-8/h1-3,7,14H,4-5H2/t7-/m0/s1. The lowest BCUT2D eigenvalue weighted by Gasteiger charge is -2.25. The summed E-state index contributed by atoms with van der Waals surface area (Å²) in [5.41, 5.74) is 0. The molecule has 1 aliphatic rings. The van der Waals surface area contributed by atoms with E-state index in [0.717, 1.165) is 12.1 Å². The molecule has 1 heterocycles. The maximum atomic E-state index is 12.0. The van der Waals surface area contributed by atoms with Crippen LogP contribution < -0.4 is 14.2 Å². The Kier molecular flexibility index (Phi) is 3.01. The number of halogens is 3. The van der Waals surface area contributed by atoms with Crippen molar-refractivity contribution >= 4 is 0 Å². The second kappa shape index (κ2) is 4.33. The zero-order valence-electron chi connectivity index (χ0n) is 8.53. The summed E-state index contributed by atoms with van der Waals surface area (Å²) in [5, 5.41) is 8.86. The van der Waals surface area contributed by atoms with Gasteiger partial charge in [-0.2, -0.15) is 0 Å². The molecule has 2 rings (SSSR count). The van der Waals surface area contributed by atoms with Crippen LogP contribution in [0, 0.1) is 0 Å². The predicted molar refractivity (Wildman–Crippen MR) is 50.1 cm³/mol. The highest BCUT2D eigenvalue weighted by Gasteiger charge is 2.32. The molecule has 94 valence electrons. The smallest absolute Gasteiger partial charge is 0.486 e. The number of alkyl halides is 3. The summed E-state index contributed by atoms with van der Waals surface area (Å²) in [5.74, 6) is 0.0553. The first-order chi connectivity index (χ1) is 7.98. The Labute approximate surface area is 94.5 Å². The van der Waals surface area contributed by atoms with Crippen molar-refractivity contribution in [2.24, 2.45) is 0 Å². The van der Waals surface area contributed by atoms with Crippen molar-refractivity contribution in [3.8, 4) is 17.2 Å². The van der Waals surface area contributed by atoms with Crippen molar-refractivity contribution in [2.75, 3.05) is 13.2 Å². The van der Waals surface area contributed by atoms with Gasteiger partial charge in [0.05, 0.1) is 6.61 Å². The summed E-state index contributed by atoms with van der Waals surface area (Å²) in [6.07, 6.45) is -5.33. The summed E-state index contributed by atoms with van der Waals surface area (Å²) in [7, 11) is 0. The van der Waals surface area contributed by atoms with Gasteiger partial charge >= 0.3 is 6.36 Å². The van der Waals surface area contributed by atoms with E-state index >= 15 is 0 Å². The lowest BCUT2D eigenvalue weighted by molar-refractivity contribution is -0.274. The van der Waals surface area contributed by atoms with Crippen molar-refractivity contribution in [1.82, 2.24) is 0 Å². The van der Waals surface area contributed by atoms with E-state index in [0.29, 0.717) is 5.75 Å². The van der Waals surface area contributed by atoms with E-state index in [1.165, 1.54) is 6.07 Å². The maximum Gasteiger partial charge on any atom is 0.573 e. The van der Waals surface area contributed by atoms with Gasteiger partial charge in [-0.25, -0.2) is 0 Å². The Balaban J connectivity index is 2.18. The predicted octanol–water partition coefficient (Wildman–Crippen LogP) is 1.72. The number of hydrogen-bond acceptors (Lipinski definition) is 4. The molecule has 7 heteroatoms. The molecule has 0 saturated carbocycles. The van der Waals surface area contributed by atoms with Crippen LogP contribution in [0.15, 0.2) is 18.2 Å². The fourth-order valence-electron chi connectivity index (χ4n) is 1.38. The Morgan fingerprint density at radius 1 is 1.35 bits per heavy atom. The first-order valence-corrected chi connectivity index (χ1v) is 4.78. The molecular formula is C10H9F3O4. The number of aliphatic hydroxyl groups is 1. The normalized spacial score (nSPS) is 18.9. The lowest BCUT2D eigenvalue weighted by atomic mass is 10.2. The average molecular weight is 250 g/mol. The number of rotatable bonds is 2. The highest BCUT2D eigenvalue weighted by Crippen LogP contribution is 2.36. The van der Waals surface area contributed by atoms with Gasteiger partial charge in [-0.3, -0.25) is 0 Å². The minimum Gasteiger partial charge on any atom is -0.486 e. The van der Waals surface area contributed by atoms with Gasteiger partial charge in [0.2, 0.25) is 0 Å². The van der Waals surface area contributed by atoms with Crippen molar-refractivity contribution < 1.29 is 32.5 Å². The zero-order chi connectivity index (χ0) is 12.5. The van der Waals surface area contributed by atoms with E-state index in [1.54, 1.807) is 0 Å². The lowest BCUT2D eigenvalue weighted by Crippen LogP contribution is -2.32. The molecule has 1 atom stereocenters. The van der Waals surface area contributed by atoms with Crippen LogP contribution in [-0.2, 0) is 0 Å². The van der Waals surface area contributed by atoms with Crippen LogP contribution in [0.5, 0.6) is 17.2 Å². The Bertz CT molecular complexity index is 405. The third-order valence-corrected chi connectivity index (χ3v) is 2.07. The van der Waals surface area contributed by atoms with Gasteiger partial charge in [-0.05, 0) is 12.1 Å². The monoisotopic (exact) mass is 250 g/mol. The minimum absolute atomic E-state index is 0.122. The van der Waals surface area contributed by atoms with E-state index < -0.39 is 18.2 Å². The van der Waals surface area contributed by atoms with Gasteiger partial charge < -0.3 is 19.3 Å². The highest BCUT2D eigenvalue weighted by molar-refractivity contribution is 5.46. The first kappa shape index (κ1) is 11.8. The van der Waals surface area contributed by atoms with Crippen LogP contribution in [0.1, 0.15) is 0 Å². The summed E-state index contributed by atoms with van der Waals surface area (Å²) < 4.78 is 50.1. The first-order valence-electron chi connectivity index (χ1n) is 4.78. The van der Waals surface area contributed by atoms with Crippen LogP contribution in [0.4, 0.5) is 13.2 Å². The number of ether oxygens (including phenoxy) is 3. The second-order valence-corrected chi connectivity index (χ2v) is 3.39. The van der Waals surface area contributed by atoms with Crippen LogP contribution in [-0.4, -0.2) is 30.8 Å². The minimum atomic E-state index is -4.75. The summed E-state index contributed by atoms with van der Waals surface area (Å²) in [6, 6.07) is 3.53. The molecule has 0 radical (unpaired) electrons. The third kappa shape index (κ3) is 2.94. The van der Waals surface area contributed by atoms with Crippen molar-refractivity contribution in [2.45, 2.75) is 12.5 Å². The van der Waals surface area contributed by atoms with Gasteiger partial charge in [-0.15, -0.1) is 13.2 Å². The molecule has 1 aromatic carbocycles. The van der Waals surface area contributed by atoms with Crippen LogP contribution in [0.3, 0.4) is 0 Å². The van der Waals surface area contributed by atoms with Crippen molar-refractivity contribution in [3.63, 3.8) is 0 Å². The molecule has 4 nitrogen and oxygen atoms in total. The number of aliphatic hydroxyl groups excluding tert-OH is 1. The van der Waals surface area contributed by atoms with Crippen LogP contribution >= 0.6 is 0 Å². The average Bonchev–Trinajstić information content (AvgIpc) is 2.26. The molecule has 0 aromatic heterocycles. The fraction of sp³-hybridized carbons (Fsp3) is 0.400. The molecule has 0 fully saturated rings. The molecule has 1 N–H and O–H groups in total. The zero-order valence-corrected chi connectivity index (χ0v) is 8.53. The van der Waals surface area contributed by atoms with Crippen LogP contribution in [0.2, 0.25) is 0 Å². The summed E-state index contributed by atoms with van der Waals surface area (Å²) in [4.78, 5) is 0. The van der Waals surface area contributed by atoms with E-state index in [9.17, 15) is 13.2 Å². The SMILES string of the molecule is OC[C@H]1COc2ccc(OC(F)(F)F)cc2O1. The van der Waals surface area contributed by atoms with Gasteiger partial charge in [-0.1, -0.05) is 0 Å². The van der Waals surface area contributed by atoms with Crippen LogP contribution in [0.25, 0.3) is 0 Å². The van der Waals surface area contributed by atoms with Crippen molar-refractivity contribution in [1.29, 1.82) is 0 Å². The largest absolute Gasteiger partial charge is 0.573 e. The number of hydrogen-bond donors (Lipinski definition) is 1. The maximum absolute atomic E-state index is 12.0. The van der Waals surface area contributed by atoms with Gasteiger partial charge in [0, 0.05) is 6.07 Å². The quantitative estimate of drug-likeness (QED) is 0.868. The van der Waals surface area contributed by atoms with Gasteiger partial charge in [0.1, 0.15) is 12.4 Å². The molecule has 0 bridgehead atoms. The molecule has 1 aliphatic heterocycles. The molecular weight excluding hydrogens is 241 g/mol. The molecule has 0 saturated heterocycles. The molecule has 1 aromatic rings. The highest BCUT2D eigenvalue weighted by atomic mass is 19.4. The molecule has 0 spiro atoms. The number of benzene rings is 1. The summed E-state index contributed by atoms with van der Waals surface area (Å²) in [6.45, 7) is -0.118. The van der Waals surface area contributed by atoms with Gasteiger partial charge in [0.15, 0.2) is 17.6 Å². The van der Waals surface area contributed by atoms with E-state index in [1.807, 2.05) is 0 Å². The van der Waals surface area contributed by atoms with Crippen molar-refractivity contribution in [3.05, 3.63) is 18.2 Å². The molecule has 0 unspecified atom stereocenters. The second-order valence-electron chi connectivity index (χ2n) is 3.39. The van der Waals surface area contributed by atoms with E-state index in [2.05, 4.69) is 4.74 Å². The summed E-state index contributed by atoms with van der Waals surface area (Å²) >= 11 is 0. The molecule has 17 heavy (non-hydrogen) atoms. The van der Waals surface area contributed by atoms with E-state index in [-0.39, 0.29) is 19.0 Å². The van der Waals surface area contributed by atoms with Gasteiger partial charge in [0.25, 0.3) is 0 Å². The Morgan fingerprint density at radius 2 is 2.12 bits per heavy atom. The fourth-order valence-corrected chi connectivity index (χ4v) is 1.38. The van der Waals surface area contributed by atoms with E-state index in [4.69, 9.17) is 14.6 Å².